The quantitative estimate of drug-likeness (QED) is 0.638. The third-order valence-corrected chi connectivity index (χ3v) is 3.68. The number of hydrogen-bond donors (Lipinski definition) is 0. The third-order valence-electron chi connectivity index (χ3n) is 3.68. The van der Waals surface area contributed by atoms with Crippen LogP contribution in [-0.4, -0.2) is 36.0 Å². The molecule has 90 valence electrons. The summed E-state index contributed by atoms with van der Waals surface area (Å²) in [5.41, 5.74) is -0.437. The van der Waals surface area contributed by atoms with Gasteiger partial charge in [-0.1, -0.05) is 6.92 Å². The second-order valence-electron chi connectivity index (χ2n) is 6.14. The van der Waals surface area contributed by atoms with Gasteiger partial charge in [-0.2, -0.15) is 0 Å². The van der Waals surface area contributed by atoms with Crippen LogP contribution >= 0.6 is 0 Å². The van der Waals surface area contributed by atoms with Crippen molar-refractivity contribution in [2.45, 2.75) is 33.3 Å². The molecular weight excluding hydrogens is 206 g/mol. The van der Waals surface area contributed by atoms with Crippen LogP contribution in [0.2, 0.25) is 0 Å². The van der Waals surface area contributed by atoms with Crippen LogP contribution in [0, 0.1) is 17.3 Å². The van der Waals surface area contributed by atoms with Crippen molar-refractivity contribution in [2.24, 2.45) is 17.3 Å². The van der Waals surface area contributed by atoms with Crippen LogP contribution in [-0.2, 0) is 9.53 Å². The van der Waals surface area contributed by atoms with E-state index in [0.717, 1.165) is 6.29 Å². The highest BCUT2D eigenvalue weighted by Crippen LogP contribution is 2.61. The van der Waals surface area contributed by atoms with Gasteiger partial charge < -0.3 is 14.4 Å². The van der Waals surface area contributed by atoms with Crippen molar-refractivity contribution in [3.63, 3.8) is 0 Å². The lowest BCUT2D eigenvalue weighted by Crippen LogP contribution is -2.38. The maximum Gasteiger partial charge on any atom is 0.410 e. The van der Waals surface area contributed by atoms with E-state index < -0.39 is 5.60 Å². The van der Waals surface area contributed by atoms with Gasteiger partial charge in [-0.25, -0.2) is 4.79 Å². The SMILES string of the molecule is CC(C)(C)OC(=O)N1C[C@@H]2[C@@H](C=O)[C@]2(C)C1. The van der Waals surface area contributed by atoms with Crippen molar-refractivity contribution in [2.75, 3.05) is 13.1 Å². The number of rotatable bonds is 1. The summed E-state index contributed by atoms with van der Waals surface area (Å²) >= 11 is 0. The molecule has 4 nitrogen and oxygen atoms in total. The zero-order valence-electron chi connectivity index (χ0n) is 10.3. The van der Waals surface area contributed by atoms with Crippen molar-refractivity contribution in [1.82, 2.24) is 4.90 Å². The van der Waals surface area contributed by atoms with Gasteiger partial charge in [0.1, 0.15) is 11.9 Å². The van der Waals surface area contributed by atoms with Crippen LogP contribution in [0.25, 0.3) is 0 Å². The fraction of sp³-hybridized carbons (Fsp3) is 0.833. The number of hydrogen-bond acceptors (Lipinski definition) is 3. The van der Waals surface area contributed by atoms with E-state index in [1.807, 2.05) is 20.8 Å². The number of piperidine rings is 1. The van der Waals surface area contributed by atoms with E-state index in [4.69, 9.17) is 4.74 Å². The average molecular weight is 225 g/mol. The molecule has 1 saturated heterocycles. The zero-order valence-corrected chi connectivity index (χ0v) is 10.3. The Hall–Kier alpha value is -1.06. The van der Waals surface area contributed by atoms with Crippen molar-refractivity contribution < 1.29 is 14.3 Å². The van der Waals surface area contributed by atoms with E-state index in [-0.39, 0.29) is 17.4 Å². The Morgan fingerprint density at radius 1 is 1.50 bits per heavy atom. The Labute approximate surface area is 95.9 Å². The lowest BCUT2D eigenvalue weighted by Gasteiger charge is -2.26. The van der Waals surface area contributed by atoms with Gasteiger partial charge in [0.25, 0.3) is 0 Å². The molecule has 1 saturated carbocycles. The highest BCUT2D eigenvalue weighted by Gasteiger charge is 2.66. The predicted molar refractivity (Wildman–Crippen MR) is 59.0 cm³/mol. The molecule has 1 aliphatic carbocycles. The van der Waals surface area contributed by atoms with Gasteiger partial charge in [0.15, 0.2) is 0 Å². The summed E-state index contributed by atoms with van der Waals surface area (Å²) in [6.07, 6.45) is 0.766. The van der Waals surface area contributed by atoms with E-state index in [9.17, 15) is 9.59 Å². The summed E-state index contributed by atoms with van der Waals surface area (Å²) in [5.74, 6) is 0.490. The van der Waals surface area contributed by atoms with E-state index in [2.05, 4.69) is 6.92 Å². The Kier molecular flexibility index (Phi) is 2.30. The minimum atomic E-state index is -0.450. The smallest absolute Gasteiger partial charge is 0.410 e. The second-order valence-corrected chi connectivity index (χ2v) is 6.14. The topological polar surface area (TPSA) is 46.6 Å². The molecule has 1 amide bonds. The minimum Gasteiger partial charge on any atom is -0.444 e. The molecule has 0 radical (unpaired) electrons. The second kappa shape index (κ2) is 3.22. The summed E-state index contributed by atoms with van der Waals surface area (Å²) < 4.78 is 5.30. The van der Waals surface area contributed by atoms with Crippen molar-refractivity contribution in [3.05, 3.63) is 0 Å². The fourth-order valence-corrected chi connectivity index (χ4v) is 2.67. The van der Waals surface area contributed by atoms with Crippen LogP contribution in [0.3, 0.4) is 0 Å². The van der Waals surface area contributed by atoms with Crippen LogP contribution in [0.4, 0.5) is 4.79 Å². The third kappa shape index (κ3) is 1.70. The zero-order chi connectivity index (χ0) is 12.1. The number of nitrogens with zero attached hydrogens (tertiary/aromatic N) is 1. The van der Waals surface area contributed by atoms with Crippen LogP contribution < -0.4 is 0 Å². The largest absolute Gasteiger partial charge is 0.444 e. The molecule has 16 heavy (non-hydrogen) atoms. The van der Waals surface area contributed by atoms with E-state index in [1.165, 1.54) is 0 Å². The van der Waals surface area contributed by atoms with E-state index in [1.54, 1.807) is 4.90 Å². The number of amides is 1. The average Bonchev–Trinajstić information content (AvgIpc) is 2.47. The predicted octanol–water partition coefficient (Wildman–Crippen LogP) is 1.69. The van der Waals surface area contributed by atoms with Crippen LogP contribution in [0.5, 0.6) is 0 Å². The first-order valence-corrected chi connectivity index (χ1v) is 5.71. The Morgan fingerprint density at radius 2 is 2.12 bits per heavy atom. The molecule has 0 aromatic carbocycles. The monoisotopic (exact) mass is 225 g/mol. The molecule has 3 atom stereocenters. The summed E-state index contributed by atoms with van der Waals surface area (Å²) in [6, 6.07) is 0. The molecule has 1 heterocycles. The molecule has 0 unspecified atom stereocenters. The molecule has 0 spiro atoms. The van der Waals surface area contributed by atoms with Crippen molar-refractivity contribution in [1.29, 1.82) is 0 Å². The van der Waals surface area contributed by atoms with Gasteiger partial charge >= 0.3 is 6.09 Å². The summed E-state index contributed by atoms with van der Waals surface area (Å²) in [5, 5.41) is 0. The molecule has 4 heteroatoms. The summed E-state index contributed by atoms with van der Waals surface area (Å²) in [6.45, 7) is 8.96. The lowest BCUT2D eigenvalue weighted by molar-refractivity contribution is -0.110. The Balaban J connectivity index is 1.93. The minimum absolute atomic E-state index is 0.0126. The number of carbonyl (C=O) groups is 2. The summed E-state index contributed by atoms with van der Waals surface area (Å²) in [4.78, 5) is 24.3. The number of ether oxygens (including phenoxy) is 1. The molecule has 0 N–H and O–H groups in total. The van der Waals surface area contributed by atoms with Crippen LogP contribution in [0.15, 0.2) is 0 Å². The molecule has 2 rings (SSSR count). The van der Waals surface area contributed by atoms with Crippen molar-refractivity contribution in [3.8, 4) is 0 Å². The van der Waals surface area contributed by atoms with Gasteiger partial charge in [0.2, 0.25) is 0 Å². The maximum atomic E-state index is 11.8. The van der Waals surface area contributed by atoms with E-state index >= 15 is 0 Å². The van der Waals surface area contributed by atoms with E-state index in [0.29, 0.717) is 19.0 Å². The molecule has 0 aromatic rings. The molecule has 2 fully saturated rings. The first-order chi connectivity index (χ1) is 7.28. The fourth-order valence-electron chi connectivity index (χ4n) is 2.67. The maximum absolute atomic E-state index is 11.8. The van der Waals surface area contributed by atoms with Gasteiger partial charge in [-0.15, -0.1) is 0 Å². The van der Waals surface area contributed by atoms with Gasteiger partial charge in [-0.05, 0) is 26.7 Å². The highest BCUT2D eigenvalue weighted by molar-refractivity contribution is 5.71. The lowest BCUT2D eigenvalue weighted by atomic mass is 10.1. The molecule has 2 aliphatic rings. The normalized spacial score (nSPS) is 36.9. The first-order valence-electron chi connectivity index (χ1n) is 5.71. The summed E-state index contributed by atoms with van der Waals surface area (Å²) in [7, 11) is 0. The standard InChI is InChI=1S/C12H19NO3/c1-11(2,3)16-10(15)13-5-8-9(6-14)12(8,4)7-13/h6,8-9H,5,7H2,1-4H3/t8-,9-,12-/m1/s1. The number of aldehydes is 1. The first kappa shape index (κ1) is 11.4. The van der Waals surface area contributed by atoms with Crippen LogP contribution in [0.1, 0.15) is 27.7 Å². The van der Waals surface area contributed by atoms with Gasteiger partial charge in [0.05, 0.1) is 0 Å². The van der Waals surface area contributed by atoms with Crippen molar-refractivity contribution >= 4 is 12.4 Å². The molecular formula is C12H19NO3. The molecule has 0 bridgehead atoms. The number of likely N-dealkylation sites (tertiary alicyclic amines) is 1. The molecule has 0 aromatic heterocycles. The number of fused-ring (bicyclic) bond motifs is 1. The number of carbonyl (C=O) groups excluding carboxylic acids is 2. The van der Waals surface area contributed by atoms with Gasteiger partial charge in [-0.3, -0.25) is 0 Å². The van der Waals surface area contributed by atoms with Gasteiger partial charge in [0, 0.05) is 24.4 Å². The molecule has 1 aliphatic heterocycles. The Bertz CT molecular complexity index is 334. The highest BCUT2D eigenvalue weighted by atomic mass is 16.6. The Morgan fingerprint density at radius 3 is 2.50 bits per heavy atom.